The maximum atomic E-state index is 5.18. The van der Waals surface area contributed by atoms with E-state index in [4.69, 9.17) is 4.74 Å². The highest BCUT2D eigenvalue weighted by Gasteiger charge is 2.36. The minimum absolute atomic E-state index is 0.689. The monoisotopic (exact) mass is 246 g/mol. The van der Waals surface area contributed by atoms with Crippen LogP contribution in [0.1, 0.15) is 24.8 Å². The molecule has 0 spiro atoms. The topological polar surface area (TPSA) is 24.5 Å². The van der Waals surface area contributed by atoms with Crippen LogP contribution in [0.4, 0.5) is 0 Å². The molecule has 0 aliphatic carbocycles. The number of hydrogen-bond donors (Lipinski definition) is 1. The van der Waals surface area contributed by atoms with Crippen LogP contribution in [0, 0.1) is 0 Å². The first-order chi connectivity index (χ1) is 8.86. The number of benzene rings is 1. The quantitative estimate of drug-likeness (QED) is 0.879. The number of hydrogen-bond acceptors (Lipinski definition) is 3. The normalized spacial score (nSPS) is 27.4. The van der Waals surface area contributed by atoms with E-state index in [1.165, 1.54) is 37.9 Å². The van der Waals surface area contributed by atoms with Crippen LogP contribution in [0.15, 0.2) is 24.3 Å². The third-order valence-corrected chi connectivity index (χ3v) is 4.33. The van der Waals surface area contributed by atoms with Gasteiger partial charge in [0.05, 0.1) is 7.11 Å². The Kier molecular flexibility index (Phi) is 3.52. The predicted octanol–water partition coefficient (Wildman–Crippen LogP) is 2.02. The second-order valence-electron chi connectivity index (χ2n) is 5.37. The lowest BCUT2D eigenvalue weighted by molar-refractivity contribution is 0.298. The highest BCUT2D eigenvalue weighted by Crippen LogP contribution is 2.28. The molecule has 2 atom stereocenters. The van der Waals surface area contributed by atoms with Crippen molar-refractivity contribution in [1.82, 2.24) is 10.2 Å². The van der Waals surface area contributed by atoms with E-state index in [1.807, 2.05) is 12.1 Å². The van der Waals surface area contributed by atoms with Gasteiger partial charge in [-0.2, -0.15) is 0 Å². The molecule has 0 radical (unpaired) electrons. The molecule has 0 bridgehead atoms. The number of methoxy groups -OCH3 is 1. The Balaban J connectivity index is 1.54. The molecule has 98 valence electrons. The Bertz CT molecular complexity index is 390. The summed E-state index contributed by atoms with van der Waals surface area (Å²) in [5.41, 5.74) is 1.34. The largest absolute Gasteiger partial charge is 0.497 e. The summed E-state index contributed by atoms with van der Waals surface area (Å²) in [6.07, 6.45) is 4.06. The van der Waals surface area contributed by atoms with E-state index in [2.05, 4.69) is 22.3 Å². The van der Waals surface area contributed by atoms with Crippen molar-refractivity contribution >= 4 is 0 Å². The van der Waals surface area contributed by atoms with Gasteiger partial charge >= 0.3 is 0 Å². The molecule has 2 fully saturated rings. The van der Waals surface area contributed by atoms with Crippen molar-refractivity contribution in [3.63, 3.8) is 0 Å². The molecule has 0 amide bonds. The molecule has 3 rings (SSSR count). The van der Waals surface area contributed by atoms with Crippen molar-refractivity contribution in [2.75, 3.05) is 20.2 Å². The summed E-state index contributed by atoms with van der Waals surface area (Å²) < 4.78 is 5.18. The summed E-state index contributed by atoms with van der Waals surface area (Å²) in [4.78, 5) is 2.64. The summed E-state index contributed by atoms with van der Waals surface area (Å²) in [6.45, 7) is 3.56. The van der Waals surface area contributed by atoms with E-state index in [0.717, 1.165) is 18.3 Å². The van der Waals surface area contributed by atoms with Gasteiger partial charge < -0.3 is 10.1 Å². The zero-order chi connectivity index (χ0) is 12.4. The van der Waals surface area contributed by atoms with Crippen molar-refractivity contribution in [1.29, 1.82) is 0 Å². The maximum Gasteiger partial charge on any atom is 0.118 e. The molecule has 3 heteroatoms. The number of nitrogens with zero attached hydrogens (tertiary/aromatic N) is 1. The molecule has 0 aromatic heterocycles. The van der Waals surface area contributed by atoms with Crippen LogP contribution in [0.3, 0.4) is 0 Å². The Morgan fingerprint density at radius 2 is 2.06 bits per heavy atom. The summed E-state index contributed by atoms with van der Waals surface area (Å²) in [6, 6.07) is 9.85. The van der Waals surface area contributed by atoms with Gasteiger partial charge in [0.15, 0.2) is 0 Å². The number of rotatable bonds is 4. The van der Waals surface area contributed by atoms with Crippen LogP contribution in [0.2, 0.25) is 0 Å². The van der Waals surface area contributed by atoms with Crippen molar-refractivity contribution in [2.24, 2.45) is 0 Å². The van der Waals surface area contributed by atoms with E-state index in [1.54, 1.807) is 7.11 Å². The fourth-order valence-corrected chi connectivity index (χ4v) is 3.31. The van der Waals surface area contributed by atoms with E-state index >= 15 is 0 Å². The summed E-state index contributed by atoms with van der Waals surface area (Å²) >= 11 is 0. The molecule has 2 aliphatic heterocycles. The molecule has 1 aromatic carbocycles. The molecule has 2 heterocycles. The molecule has 1 aromatic rings. The third kappa shape index (κ3) is 2.38. The molecule has 3 nitrogen and oxygen atoms in total. The van der Waals surface area contributed by atoms with Gasteiger partial charge in [0, 0.05) is 25.2 Å². The zero-order valence-electron chi connectivity index (χ0n) is 11.1. The fraction of sp³-hybridized carbons (Fsp3) is 0.600. The van der Waals surface area contributed by atoms with Crippen LogP contribution in [0.25, 0.3) is 0 Å². The van der Waals surface area contributed by atoms with Crippen molar-refractivity contribution < 1.29 is 4.74 Å². The standard InChI is InChI=1S/C15H22N2O/c1-18-13-6-4-12(5-7-13)11-16-14-8-10-17-9-2-3-15(14)17/h4-7,14-16H,2-3,8-11H2,1H3. The van der Waals surface area contributed by atoms with Crippen LogP contribution in [-0.2, 0) is 6.54 Å². The third-order valence-electron chi connectivity index (χ3n) is 4.33. The first-order valence-electron chi connectivity index (χ1n) is 6.97. The van der Waals surface area contributed by atoms with Crippen LogP contribution in [0.5, 0.6) is 5.75 Å². The Hall–Kier alpha value is -1.06. The summed E-state index contributed by atoms with van der Waals surface area (Å²) in [7, 11) is 1.71. The highest BCUT2D eigenvalue weighted by atomic mass is 16.5. The average molecular weight is 246 g/mol. The molecule has 1 N–H and O–H groups in total. The molecule has 2 saturated heterocycles. The minimum atomic E-state index is 0.689. The Morgan fingerprint density at radius 1 is 1.22 bits per heavy atom. The van der Waals surface area contributed by atoms with E-state index in [0.29, 0.717) is 6.04 Å². The van der Waals surface area contributed by atoms with Gasteiger partial charge in [0.1, 0.15) is 5.75 Å². The zero-order valence-corrected chi connectivity index (χ0v) is 11.1. The number of fused-ring (bicyclic) bond motifs is 1. The van der Waals surface area contributed by atoms with Crippen LogP contribution >= 0.6 is 0 Å². The summed E-state index contributed by atoms with van der Waals surface area (Å²) in [5.74, 6) is 0.932. The van der Waals surface area contributed by atoms with Gasteiger partial charge in [-0.15, -0.1) is 0 Å². The molecule has 18 heavy (non-hydrogen) atoms. The SMILES string of the molecule is COc1ccc(CNC2CCN3CCCC23)cc1. The molecule has 2 aliphatic rings. The molecule has 0 saturated carbocycles. The molecule has 2 unspecified atom stereocenters. The van der Waals surface area contributed by atoms with Gasteiger partial charge in [0.2, 0.25) is 0 Å². The second kappa shape index (κ2) is 5.29. The highest BCUT2D eigenvalue weighted by molar-refractivity contribution is 5.27. The van der Waals surface area contributed by atoms with E-state index in [9.17, 15) is 0 Å². The van der Waals surface area contributed by atoms with Crippen LogP contribution < -0.4 is 10.1 Å². The van der Waals surface area contributed by atoms with Gasteiger partial charge in [-0.25, -0.2) is 0 Å². The van der Waals surface area contributed by atoms with E-state index in [-0.39, 0.29) is 0 Å². The lowest BCUT2D eigenvalue weighted by atomic mass is 10.1. The van der Waals surface area contributed by atoms with Crippen LogP contribution in [-0.4, -0.2) is 37.2 Å². The summed E-state index contributed by atoms with van der Waals surface area (Å²) in [5, 5.41) is 3.72. The molecular weight excluding hydrogens is 224 g/mol. The van der Waals surface area contributed by atoms with Crippen molar-refractivity contribution in [3.8, 4) is 5.75 Å². The first-order valence-corrected chi connectivity index (χ1v) is 6.97. The lowest BCUT2D eigenvalue weighted by Crippen LogP contribution is -2.38. The smallest absolute Gasteiger partial charge is 0.118 e. The fourth-order valence-electron chi connectivity index (χ4n) is 3.31. The number of nitrogens with one attached hydrogen (secondary N) is 1. The number of ether oxygens (including phenoxy) is 1. The Labute approximate surface area is 109 Å². The lowest BCUT2D eigenvalue weighted by Gasteiger charge is -2.21. The second-order valence-corrected chi connectivity index (χ2v) is 5.37. The van der Waals surface area contributed by atoms with Gasteiger partial charge in [-0.1, -0.05) is 12.1 Å². The average Bonchev–Trinajstić information content (AvgIpc) is 3.00. The Morgan fingerprint density at radius 3 is 2.83 bits per heavy atom. The van der Waals surface area contributed by atoms with Gasteiger partial charge in [-0.05, 0) is 43.5 Å². The van der Waals surface area contributed by atoms with Crippen molar-refractivity contribution in [3.05, 3.63) is 29.8 Å². The predicted molar refractivity (Wildman–Crippen MR) is 72.8 cm³/mol. The van der Waals surface area contributed by atoms with E-state index < -0.39 is 0 Å². The van der Waals surface area contributed by atoms with Gasteiger partial charge in [-0.3, -0.25) is 4.90 Å². The minimum Gasteiger partial charge on any atom is -0.497 e. The first kappa shape index (κ1) is 12.0. The van der Waals surface area contributed by atoms with Gasteiger partial charge in [0.25, 0.3) is 0 Å². The maximum absolute atomic E-state index is 5.18. The molecular formula is C15H22N2O. The van der Waals surface area contributed by atoms with Crippen molar-refractivity contribution in [2.45, 2.75) is 37.9 Å².